The van der Waals surface area contributed by atoms with Gasteiger partial charge in [0.1, 0.15) is 0 Å². The van der Waals surface area contributed by atoms with Crippen molar-refractivity contribution in [3.8, 4) is 5.75 Å². The molecular formula is C13H19N3O3. The Hall–Kier alpha value is -2.24. The fourth-order valence-corrected chi connectivity index (χ4v) is 1.50. The molecule has 0 radical (unpaired) electrons. The van der Waals surface area contributed by atoms with E-state index in [0.29, 0.717) is 6.54 Å². The van der Waals surface area contributed by atoms with Gasteiger partial charge in [-0.05, 0) is 25.5 Å². The van der Waals surface area contributed by atoms with Gasteiger partial charge in [0.2, 0.25) is 0 Å². The van der Waals surface area contributed by atoms with Gasteiger partial charge in [0, 0.05) is 6.54 Å². The van der Waals surface area contributed by atoms with E-state index in [2.05, 4.69) is 5.32 Å². The van der Waals surface area contributed by atoms with E-state index in [9.17, 15) is 9.59 Å². The van der Waals surface area contributed by atoms with Crippen molar-refractivity contribution in [1.29, 1.82) is 0 Å². The van der Waals surface area contributed by atoms with Crippen LogP contribution in [0.15, 0.2) is 18.2 Å². The molecule has 5 N–H and O–H groups in total. The number of amides is 2. The molecule has 1 unspecified atom stereocenters. The summed E-state index contributed by atoms with van der Waals surface area (Å²) in [6.07, 6.45) is 0.0766. The van der Waals surface area contributed by atoms with Crippen LogP contribution in [0.5, 0.6) is 5.75 Å². The zero-order valence-corrected chi connectivity index (χ0v) is 11.1. The molecule has 6 nitrogen and oxygen atoms in total. The minimum atomic E-state index is -0.755. The Morgan fingerprint density at radius 2 is 2.11 bits per heavy atom. The van der Waals surface area contributed by atoms with Crippen LogP contribution in [0.25, 0.3) is 0 Å². The van der Waals surface area contributed by atoms with Crippen molar-refractivity contribution in [2.24, 2.45) is 5.73 Å². The van der Waals surface area contributed by atoms with Crippen LogP contribution in [0.3, 0.4) is 0 Å². The third-order valence-electron chi connectivity index (χ3n) is 2.52. The number of primary amides is 1. The van der Waals surface area contributed by atoms with Crippen molar-refractivity contribution in [3.05, 3.63) is 23.8 Å². The average Bonchev–Trinajstić information content (AvgIpc) is 2.37. The number of ether oxygens (including phenoxy) is 1. The SMILES string of the molecule is CCCNC(=O)C(C)Oc1c(N)cccc1C(N)=O. The maximum Gasteiger partial charge on any atom is 0.260 e. The molecular weight excluding hydrogens is 246 g/mol. The molecule has 0 aliphatic heterocycles. The van der Waals surface area contributed by atoms with Crippen molar-refractivity contribution in [2.45, 2.75) is 26.4 Å². The molecule has 6 heteroatoms. The molecule has 19 heavy (non-hydrogen) atoms. The number of carbonyl (C=O) groups is 2. The van der Waals surface area contributed by atoms with Crippen molar-refractivity contribution in [3.63, 3.8) is 0 Å². The molecule has 2 amide bonds. The average molecular weight is 265 g/mol. The summed E-state index contributed by atoms with van der Waals surface area (Å²) in [4.78, 5) is 23.0. The molecule has 0 spiro atoms. The van der Waals surface area contributed by atoms with Gasteiger partial charge in [0.05, 0.1) is 11.3 Å². The normalized spacial score (nSPS) is 11.7. The Morgan fingerprint density at radius 3 is 2.68 bits per heavy atom. The molecule has 1 aromatic carbocycles. The van der Waals surface area contributed by atoms with Gasteiger partial charge in [-0.3, -0.25) is 9.59 Å². The highest BCUT2D eigenvalue weighted by atomic mass is 16.5. The van der Waals surface area contributed by atoms with Gasteiger partial charge in [-0.15, -0.1) is 0 Å². The van der Waals surface area contributed by atoms with E-state index in [4.69, 9.17) is 16.2 Å². The maximum absolute atomic E-state index is 11.7. The Kier molecular flexibility index (Phi) is 5.17. The van der Waals surface area contributed by atoms with E-state index in [1.54, 1.807) is 19.1 Å². The fraction of sp³-hybridized carbons (Fsp3) is 0.385. The Bertz CT molecular complexity index is 474. The third kappa shape index (κ3) is 3.87. The molecule has 0 aromatic heterocycles. The number of carbonyl (C=O) groups excluding carboxylic acids is 2. The summed E-state index contributed by atoms with van der Waals surface area (Å²) in [7, 11) is 0. The molecule has 104 valence electrons. The van der Waals surface area contributed by atoms with Crippen LogP contribution in [0.1, 0.15) is 30.6 Å². The summed E-state index contributed by atoms with van der Waals surface area (Å²) in [5.41, 5.74) is 11.4. The smallest absolute Gasteiger partial charge is 0.260 e. The largest absolute Gasteiger partial charge is 0.478 e. The molecule has 0 fully saturated rings. The van der Waals surface area contributed by atoms with Gasteiger partial charge in [0.25, 0.3) is 11.8 Å². The second-order valence-electron chi connectivity index (χ2n) is 4.14. The van der Waals surface area contributed by atoms with E-state index in [1.165, 1.54) is 6.07 Å². The standard InChI is InChI=1S/C13H19N3O3/c1-3-7-16-13(18)8(2)19-11-9(12(15)17)5-4-6-10(11)14/h4-6,8H,3,7,14H2,1-2H3,(H2,15,17)(H,16,18). The van der Waals surface area contributed by atoms with Crippen LogP contribution in [0, 0.1) is 0 Å². The predicted molar refractivity (Wildman–Crippen MR) is 72.8 cm³/mol. The monoisotopic (exact) mass is 265 g/mol. The summed E-state index contributed by atoms with van der Waals surface area (Å²) in [6.45, 7) is 4.11. The summed E-state index contributed by atoms with van der Waals surface area (Å²) < 4.78 is 5.46. The van der Waals surface area contributed by atoms with E-state index < -0.39 is 12.0 Å². The number of nitrogens with one attached hydrogen (secondary N) is 1. The molecule has 1 aromatic rings. The Balaban J connectivity index is 2.87. The molecule has 0 heterocycles. The molecule has 1 rings (SSSR count). The van der Waals surface area contributed by atoms with Crippen LogP contribution in [-0.2, 0) is 4.79 Å². The first-order valence-corrected chi connectivity index (χ1v) is 6.10. The lowest BCUT2D eigenvalue weighted by atomic mass is 10.1. The van der Waals surface area contributed by atoms with Crippen LogP contribution in [-0.4, -0.2) is 24.5 Å². The lowest BCUT2D eigenvalue weighted by Gasteiger charge is -2.17. The predicted octanol–water partition coefficient (Wildman–Crippen LogP) is 0.661. The Labute approximate surface area is 112 Å². The van der Waals surface area contributed by atoms with E-state index >= 15 is 0 Å². The lowest BCUT2D eigenvalue weighted by molar-refractivity contribution is -0.127. The summed E-state index contributed by atoms with van der Waals surface area (Å²) in [6, 6.07) is 4.69. The minimum absolute atomic E-state index is 0.147. The summed E-state index contributed by atoms with van der Waals surface area (Å²) in [5, 5.41) is 2.70. The Morgan fingerprint density at radius 1 is 1.42 bits per heavy atom. The van der Waals surface area contributed by atoms with Crippen molar-refractivity contribution in [2.75, 3.05) is 12.3 Å². The number of anilines is 1. The number of nitrogens with two attached hydrogens (primary N) is 2. The fourth-order valence-electron chi connectivity index (χ4n) is 1.50. The molecule has 0 aliphatic carbocycles. The van der Waals surface area contributed by atoms with Gasteiger partial charge in [0.15, 0.2) is 11.9 Å². The molecule has 0 bridgehead atoms. The van der Waals surface area contributed by atoms with E-state index in [1.807, 2.05) is 6.92 Å². The summed E-state index contributed by atoms with van der Waals surface area (Å²) in [5.74, 6) is -0.766. The quantitative estimate of drug-likeness (QED) is 0.657. The molecule has 0 saturated carbocycles. The first-order chi connectivity index (χ1) is 8.97. The highest BCUT2D eigenvalue weighted by molar-refractivity contribution is 5.97. The van der Waals surface area contributed by atoms with Gasteiger partial charge in [-0.25, -0.2) is 0 Å². The van der Waals surface area contributed by atoms with Crippen LogP contribution < -0.4 is 21.5 Å². The number of hydrogen-bond donors (Lipinski definition) is 3. The molecule has 0 aliphatic rings. The van der Waals surface area contributed by atoms with Gasteiger partial charge < -0.3 is 21.5 Å². The van der Waals surface area contributed by atoms with Gasteiger partial charge in [-0.1, -0.05) is 13.0 Å². The van der Waals surface area contributed by atoms with Crippen LogP contribution >= 0.6 is 0 Å². The number of hydrogen-bond acceptors (Lipinski definition) is 4. The van der Waals surface area contributed by atoms with E-state index in [-0.39, 0.29) is 22.9 Å². The highest BCUT2D eigenvalue weighted by Crippen LogP contribution is 2.27. The van der Waals surface area contributed by atoms with Gasteiger partial charge in [-0.2, -0.15) is 0 Å². The molecule has 0 saturated heterocycles. The zero-order valence-electron chi connectivity index (χ0n) is 11.1. The van der Waals surface area contributed by atoms with Gasteiger partial charge >= 0.3 is 0 Å². The van der Waals surface area contributed by atoms with Crippen LogP contribution in [0.2, 0.25) is 0 Å². The second-order valence-corrected chi connectivity index (χ2v) is 4.14. The first kappa shape index (κ1) is 14.8. The zero-order chi connectivity index (χ0) is 14.4. The van der Waals surface area contributed by atoms with Crippen LogP contribution in [0.4, 0.5) is 5.69 Å². The summed E-state index contributed by atoms with van der Waals surface area (Å²) >= 11 is 0. The first-order valence-electron chi connectivity index (χ1n) is 6.10. The third-order valence-corrected chi connectivity index (χ3v) is 2.52. The number of para-hydroxylation sites is 1. The second kappa shape index (κ2) is 6.63. The minimum Gasteiger partial charge on any atom is -0.478 e. The number of rotatable bonds is 6. The van der Waals surface area contributed by atoms with Crippen molar-refractivity contribution < 1.29 is 14.3 Å². The highest BCUT2D eigenvalue weighted by Gasteiger charge is 2.19. The number of benzene rings is 1. The lowest BCUT2D eigenvalue weighted by Crippen LogP contribution is -2.37. The van der Waals surface area contributed by atoms with Crippen molar-refractivity contribution >= 4 is 17.5 Å². The van der Waals surface area contributed by atoms with E-state index in [0.717, 1.165) is 6.42 Å². The topological polar surface area (TPSA) is 107 Å². The van der Waals surface area contributed by atoms with Crippen molar-refractivity contribution in [1.82, 2.24) is 5.32 Å². The number of nitrogen functional groups attached to an aromatic ring is 1. The molecule has 1 atom stereocenters. The maximum atomic E-state index is 11.7.